The van der Waals surface area contributed by atoms with Crippen LogP contribution in [0.5, 0.6) is 0 Å². The summed E-state index contributed by atoms with van der Waals surface area (Å²) >= 11 is 1.73. The molecule has 1 aliphatic heterocycles. The number of hydrogen-bond acceptors (Lipinski definition) is 4. The summed E-state index contributed by atoms with van der Waals surface area (Å²) in [5.74, 6) is 0.729. The average Bonchev–Trinajstić information content (AvgIpc) is 3.03. The van der Waals surface area contributed by atoms with E-state index in [1.807, 2.05) is 33.7 Å². The average molecular weight is 389 g/mol. The minimum atomic E-state index is -0.256. The number of carbonyl (C=O) groups is 2. The first-order valence-corrected chi connectivity index (χ1v) is 10.7. The van der Waals surface area contributed by atoms with Crippen LogP contribution in [-0.4, -0.2) is 45.1 Å². The van der Waals surface area contributed by atoms with Crippen molar-refractivity contribution >= 4 is 34.6 Å². The maximum atomic E-state index is 12.9. The van der Waals surface area contributed by atoms with Crippen LogP contribution in [0.15, 0.2) is 29.4 Å². The fraction of sp³-hybridized carbons (Fsp3) is 0.550. The molecule has 27 heavy (non-hydrogen) atoms. The van der Waals surface area contributed by atoms with Gasteiger partial charge in [-0.25, -0.2) is 4.98 Å². The molecule has 2 amide bonds. The second-order valence-electron chi connectivity index (χ2n) is 7.08. The van der Waals surface area contributed by atoms with Crippen molar-refractivity contribution in [3.8, 4) is 0 Å². The second-order valence-corrected chi connectivity index (χ2v) is 8.14. The monoisotopic (exact) mass is 388 g/mol. The Morgan fingerprint density at radius 2 is 1.96 bits per heavy atom. The summed E-state index contributed by atoms with van der Waals surface area (Å²) in [5, 5.41) is 0.910. The highest BCUT2D eigenvalue weighted by Crippen LogP contribution is 2.26. The maximum Gasteiger partial charge on any atom is 0.242 e. The molecule has 2 N–H and O–H groups in total. The predicted molar refractivity (Wildman–Crippen MR) is 108 cm³/mol. The summed E-state index contributed by atoms with van der Waals surface area (Å²) in [6, 6.07) is 7.96. The van der Waals surface area contributed by atoms with E-state index >= 15 is 0 Å². The molecular formula is C20H28N4O2S. The van der Waals surface area contributed by atoms with Crippen molar-refractivity contribution < 1.29 is 9.59 Å². The number of benzene rings is 1. The first kappa shape index (κ1) is 19.7. The van der Waals surface area contributed by atoms with Gasteiger partial charge in [0.1, 0.15) is 6.54 Å². The Morgan fingerprint density at radius 1 is 1.22 bits per heavy atom. The van der Waals surface area contributed by atoms with Crippen molar-refractivity contribution in [2.45, 2.75) is 50.7 Å². The van der Waals surface area contributed by atoms with E-state index in [-0.39, 0.29) is 24.3 Å². The third-order valence-corrected chi connectivity index (χ3v) is 6.20. The molecule has 2 heterocycles. The van der Waals surface area contributed by atoms with Gasteiger partial charge in [-0.3, -0.25) is 9.59 Å². The van der Waals surface area contributed by atoms with Crippen LogP contribution in [-0.2, 0) is 16.1 Å². The standard InChI is InChI=1S/C20H28N4O2S/c1-2-3-6-13-27-20-22-16-7-4-5-8-17(16)24(20)14-18(25)23-11-9-15(10-12-23)19(21)26/h4-5,7-8,15H,2-3,6,9-14H2,1H3,(H2,21,26). The van der Waals surface area contributed by atoms with Crippen molar-refractivity contribution in [2.75, 3.05) is 18.8 Å². The van der Waals surface area contributed by atoms with Crippen LogP contribution in [0.3, 0.4) is 0 Å². The summed E-state index contributed by atoms with van der Waals surface area (Å²) in [6.07, 6.45) is 4.87. The SMILES string of the molecule is CCCCCSc1nc2ccccc2n1CC(=O)N1CCC(C(N)=O)CC1. The minimum absolute atomic E-state index is 0.0801. The molecule has 1 saturated heterocycles. The third-order valence-electron chi connectivity index (χ3n) is 5.14. The molecular weight excluding hydrogens is 360 g/mol. The smallest absolute Gasteiger partial charge is 0.242 e. The van der Waals surface area contributed by atoms with Gasteiger partial charge >= 0.3 is 0 Å². The van der Waals surface area contributed by atoms with Gasteiger partial charge < -0.3 is 15.2 Å². The maximum absolute atomic E-state index is 12.9. The second kappa shape index (κ2) is 9.26. The highest BCUT2D eigenvalue weighted by Gasteiger charge is 2.26. The van der Waals surface area contributed by atoms with Crippen molar-refractivity contribution in [3.05, 3.63) is 24.3 Å². The van der Waals surface area contributed by atoms with Crippen molar-refractivity contribution in [1.29, 1.82) is 0 Å². The molecule has 1 aliphatic rings. The molecule has 146 valence electrons. The number of likely N-dealkylation sites (tertiary alicyclic amines) is 1. The lowest BCUT2D eigenvalue weighted by molar-refractivity contribution is -0.135. The van der Waals surface area contributed by atoms with Gasteiger partial charge in [0.2, 0.25) is 11.8 Å². The van der Waals surface area contributed by atoms with E-state index in [9.17, 15) is 9.59 Å². The summed E-state index contributed by atoms with van der Waals surface area (Å²) in [6.45, 7) is 3.67. The number of hydrogen-bond donors (Lipinski definition) is 1. The first-order valence-electron chi connectivity index (χ1n) is 9.75. The zero-order valence-electron chi connectivity index (χ0n) is 15.9. The van der Waals surface area contributed by atoms with E-state index in [4.69, 9.17) is 10.7 Å². The molecule has 0 radical (unpaired) electrons. The number of piperidine rings is 1. The predicted octanol–water partition coefficient (Wildman–Crippen LogP) is 3.04. The highest BCUT2D eigenvalue weighted by atomic mass is 32.2. The zero-order valence-corrected chi connectivity index (χ0v) is 16.7. The molecule has 1 aromatic carbocycles. The van der Waals surface area contributed by atoms with Crippen molar-refractivity contribution in [3.63, 3.8) is 0 Å². The Kier molecular flexibility index (Phi) is 6.77. The number of fused-ring (bicyclic) bond motifs is 1. The molecule has 0 aliphatic carbocycles. The van der Waals surface area contributed by atoms with Crippen LogP contribution in [0.4, 0.5) is 0 Å². The summed E-state index contributed by atoms with van der Waals surface area (Å²) in [5.41, 5.74) is 7.31. The van der Waals surface area contributed by atoms with Gasteiger partial charge in [-0.15, -0.1) is 0 Å². The van der Waals surface area contributed by atoms with E-state index in [0.717, 1.165) is 28.4 Å². The van der Waals surface area contributed by atoms with Crippen molar-refractivity contribution in [1.82, 2.24) is 14.5 Å². The largest absolute Gasteiger partial charge is 0.369 e. The van der Waals surface area contributed by atoms with Gasteiger partial charge in [0, 0.05) is 24.8 Å². The van der Waals surface area contributed by atoms with Gasteiger partial charge in [0.15, 0.2) is 5.16 Å². The highest BCUT2D eigenvalue weighted by molar-refractivity contribution is 7.99. The number of thioether (sulfide) groups is 1. The van der Waals surface area contributed by atoms with Crippen LogP contribution in [0.25, 0.3) is 11.0 Å². The van der Waals surface area contributed by atoms with E-state index in [1.54, 1.807) is 11.8 Å². The molecule has 1 aromatic heterocycles. The molecule has 0 saturated carbocycles. The first-order chi connectivity index (χ1) is 13.1. The molecule has 0 bridgehead atoms. The molecule has 0 spiro atoms. The van der Waals surface area contributed by atoms with Crippen LogP contribution in [0.1, 0.15) is 39.0 Å². The zero-order chi connectivity index (χ0) is 19.2. The lowest BCUT2D eigenvalue weighted by atomic mass is 9.96. The van der Waals surface area contributed by atoms with E-state index < -0.39 is 0 Å². The number of amides is 2. The van der Waals surface area contributed by atoms with Crippen molar-refractivity contribution in [2.24, 2.45) is 11.7 Å². The Morgan fingerprint density at radius 3 is 2.67 bits per heavy atom. The molecule has 3 rings (SSSR count). The number of primary amides is 1. The van der Waals surface area contributed by atoms with Crippen LogP contribution in [0.2, 0.25) is 0 Å². The number of carbonyl (C=O) groups excluding carboxylic acids is 2. The summed E-state index contributed by atoms with van der Waals surface area (Å²) < 4.78 is 2.04. The van der Waals surface area contributed by atoms with Gasteiger partial charge in [0.05, 0.1) is 11.0 Å². The fourth-order valence-electron chi connectivity index (χ4n) is 3.48. The fourth-order valence-corrected chi connectivity index (χ4v) is 4.49. The molecule has 1 fully saturated rings. The Balaban J connectivity index is 1.71. The molecule has 2 aromatic rings. The number of rotatable bonds is 8. The lowest BCUT2D eigenvalue weighted by Gasteiger charge is -2.30. The third kappa shape index (κ3) is 4.83. The topological polar surface area (TPSA) is 81.2 Å². The Hall–Kier alpha value is -2.02. The quantitative estimate of drug-likeness (QED) is 0.557. The van der Waals surface area contributed by atoms with Gasteiger partial charge in [-0.05, 0) is 31.4 Å². The number of unbranched alkanes of at least 4 members (excludes halogenated alkanes) is 2. The summed E-state index contributed by atoms with van der Waals surface area (Å²) in [4.78, 5) is 30.8. The normalized spacial score (nSPS) is 15.4. The van der Waals surface area contributed by atoms with E-state index in [2.05, 4.69) is 6.92 Å². The number of para-hydroxylation sites is 2. The Labute approximate surface area is 164 Å². The molecule has 0 unspecified atom stereocenters. The van der Waals surface area contributed by atoms with Crippen LogP contribution < -0.4 is 5.73 Å². The van der Waals surface area contributed by atoms with Crippen LogP contribution in [0, 0.1) is 5.92 Å². The van der Waals surface area contributed by atoms with Gasteiger partial charge in [-0.2, -0.15) is 0 Å². The van der Waals surface area contributed by atoms with E-state index in [0.29, 0.717) is 25.9 Å². The number of nitrogens with two attached hydrogens (primary N) is 1. The summed E-state index contributed by atoms with van der Waals surface area (Å²) in [7, 11) is 0. The Bertz CT molecular complexity index is 796. The number of imidazole rings is 1. The molecule has 6 nitrogen and oxygen atoms in total. The molecule has 0 atom stereocenters. The minimum Gasteiger partial charge on any atom is -0.369 e. The van der Waals surface area contributed by atoms with Gasteiger partial charge in [-0.1, -0.05) is 43.7 Å². The van der Waals surface area contributed by atoms with Crippen LogP contribution >= 0.6 is 11.8 Å². The number of nitrogens with zero attached hydrogens (tertiary/aromatic N) is 3. The number of aromatic nitrogens is 2. The molecule has 7 heteroatoms. The lowest BCUT2D eigenvalue weighted by Crippen LogP contribution is -2.43. The van der Waals surface area contributed by atoms with E-state index in [1.165, 1.54) is 12.8 Å². The van der Waals surface area contributed by atoms with Gasteiger partial charge in [0.25, 0.3) is 0 Å².